The number of hydrazone groups is 1. The highest BCUT2D eigenvalue weighted by atomic mass is 16.5. The highest BCUT2D eigenvalue weighted by molar-refractivity contribution is 5.95. The zero-order chi connectivity index (χ0) is 21.5. The molecule has 0 aliphatic heterocycles. The predicted molar refractivity (Wildman–Crippen MR) is 116 cm³/mol. The van der Waals surface area contributed by atoms with Crippen molar-refractivity contribution in [2.24, 2.45) is 15.3 Å². The number of aryl methyl sites for hydroxylation is 2. The number of hydrogen-bond donors (Lipinski definition) is 2. The van der Waals surface area contributed by atoms with Gasteiger partial charge in [-0.05, 0) is 79.6 Å². The average Bonchev–Trinajstić information content (AvgIpc) is 2.76. The maximum Gasteiger partial charge on any atom is 0.271 e. The quantitative estimate of drug-likeness (QED) is 0.337. The number of azo groups is 1. The van der Waals surface area contributed by atoms with Crippen LogP contribution in [0.4, 0.5) is 11.4 Å². The Hall–Kier alpha value is -4.00. The van der Waals surface area contributed by atoms with E-state index in [2.05, 4.69) is 20.8 Å². The highest BCUT2D eigenvalue weighted by Crippen LogP contribution is 2.25. The minimum absolute atomic E-state index is 0.0163. The Morgan fingerprint density at radius 1 is 0.933 bits per heavy atom. The third-order valence-corrected chi connectivity index (χ3v) is 4.50. The van der Waals surface area contributed by atoms with Crippen LogP contribution in [0.3, 0.4) is 0 Å². The Bertz CT molecular complexity index is 1110. The number of benzene rings is 3. The summed E-state index contributed by atoms with van der Waals surface area (Å²) in [6, 6.07) is 17.3. The first-order valence-electron chi connectivity index (χ1n) is 9.26. The zero-order valence-electron chi connectivity index (χ0n) is 17.0. The second kappa shape index (κ2) is 9.47. The molecule has 0 spiro atoms. The molecule has 3 aromatic rings. The van der Waals surface area contributed by atoms with Crippen molar-refractivity contribution in [2.75, 3.05) is 7.11 Å². The number of rotatable bonds is 6. The number of carbonyl (C=O) groups is 1. The fraction of sp³-hybridized carbons (Fsp3) is 0.130. The topological polar surface area (TPSA) is 95.6 Å². The fourth-order valence-electron chi connectivity index (χ4n) is 2.58. The summed E-state index contributed by atoms with van der Waals surface area (Å²) in [6.07, 6.45) is 1.35. The van der Waals surface area contributed by atoms with Crippen molar-refractivity contribution in [2.45, 2.75) is 13.8 Å². The molecule has 0 fully saturated rings. The van der Waals surface area contributed by atoms with Crippen molar-refractivity contribution >= 4 is 23.5 Å². The summed E-state index contributed by atoms with van der Waals surface area (Å²) in [4.78, 5) is 12.1. The molecule has 0 aromatic heterocycles. The number of carbonyl (C=O) groups excluding carboxylic acids is 1. The van der Waals surface area contributed by atoms with Crippen molar-refractivity contribution in [1.82, 2.24) is 5.43 Å². The van der Waals surface area contributed by atoms with Crippen LogP contribution in [0.25, 0.3) is 0 Å². The number of amides is 1. The van der Waals surface area contributed by atoms with Crippen LogP contribution in [-0.2, 0) is 0 Å². The maximum atomic E-state index is 12.1. The molecule has 0 unspecified atom stereocenters. The third-order valence-electron chi connectivity index (χ3n) is 4.50. The number of methoxy groups -OCH3 is 1. The minimum atomic E-state index is -0.376. The lowest BCUT2D eigenvalue weighted by Crippen LogP contribution is -2.17. The van der Waals surface area contributed by atoms with E-state index in [0.717, 1.165) is 11.3 Å². The van der Waals surface area contributed by atoms with Crippen LogP contribution in [0.15, 0.2) is 76.0 Å². The van der Waals surface area contributed by atoms with Gasteiger partial charge in [-0.3, -0.25) is 4.79 Å². The molecule has 1 amide bonds. The predicted octanol–water partition coefficient (Wildman–Crippen LogP) is 5.20. The SMILES string of the molecule is COc1ccc(C(=O)N/N=C\c2cc(N=Nc3ccc(C)c(C)c3)ccc2O)cc1. The smallest absolute Gasteiger partial charge is 0.271 e. The second-order valence-corrected chi connectivity index (χ2v) is 6.64. The van der Waals surface area contributed by atoms with Crippen LogP contribution in [0.1, 0.15) is 27.0 Å². The number of phenolic OH excluding ortho intramolecular Hbond substituents is 1. The van der Waals surface area contributed by atoms with E-state index in [9.17, 15) is 9.90 Å². The zero-order valence-corrected chi connectivity index (χ0v) is 17.0. The van der Waals surface area contributed by atoms with Gasteiger partial charge in [0.05, 0.1) is 24.7 Å². The van der Waals surface area contributed by atoms with Crippen molar-refractivity contribution < 1.29 is 14.6 Å². The molecule has 0 radical (unpaired) electrons. The normalized spacial score (nSPS) is 11.2. The summed E-state index contributed by atoms with van der Waals surface area (Å²) in [5, 5.41) is 22.4. The van der Waals surface area contributed by atoms with Crippen LogP contribution in [-0.4, -0.2) is 24.3 Å². The van der Waals surface area contributed by atoms with Gasteiger partial charge in [-0.2, -0.15) is 15.3 Å². The molecule has 0 bridgehead atoms. The first-order chi connectivity index (χ1) is 14.5. The molecule has 7 nitrogen and oxygen atoms in total. The van der Waals surface area contributed by atoms with Gasteiger partial charge >= 0.3 is 0 Å². The number of nitrogens with one attached hydrogen (secondary N) is 1. The Morgan fingerprint density at radius 3 is 2.27 bits per heavy atom. The molecule has 0 saturated heterocycles. The molecule has 152 valence electrons. The lowest BCUT2D eigenvalue weighted by Gasteiger charge is -2.03. The molecule has 0 atom stereocenters. The number of aromatic hydroxyl groups is 1. The van der Waals surface area contributed by atoms with Gasteiger partial charge in [-0.1, -0.05) is 6.07 Å². The van der Waals surface area contributed by atoms with E-state index < -0.39 is 0 Å². The maximum absolute atomic E-state index is 12.1. The first-order valence-corrected chi connectivity index (χ1v) is 9.26. The standard InChI is InChI=1S/C23H22N4O3/c1-15-4-7-19(12-16(15)2)25-26-20-8-11-22(28)18(13-20)14-24-27-23(29)17-5-9-21(30-3)10-6-17/h4-14,28H,1-3H3,(H,27,29)/b24-14-,26-25?. The van der Waals surface area contributed by atoms with E-state index in [1.807, 2.05) is 32.0 Å². The van der Waals surface area contributed by atoms with Crippen LogP contribution in [0.5, 0.6) is 11.5 Å². The van der Waals surface area contributed by atoms with E-state index in [1.165, 1.54) is 17.8 Å². The van der Waals surface area contributed by atoms with Crippen LogP contribution in [0.2, 0.25) is 0 Å². The van der Waals surface area contributed by atoms with E-state index in [-0.39, 0.29) is 11.7 Å². The molecule has 0 saturated carbocycles. The van der Waals surface area contributed by atoms with Crippen LogP contribution in [0, 0.1) is 13.8 Å². The van der Waals surface area contributed by atoms with E-state index in [0.29, 0.717) is 22.6 Å². The Labute approximate surface area is 174 Å². The Kier molecular flexibility index (Phi) is 6.54. The number of hydrogen-bond acceptors (Lipinski definition) is 6. The van der Waals surface area contributed by atoms with Crippen molar-refractivity contribution in [3.8, 4) is 11.5 Å². The molecular weight excluding hydrogens is 380 g/mol. The van der Waals surface area contributed by atoms with Gasteiger partial charge in [0, 0.05) is 11.1 Å². The van der Waals surface area contributed by atoms with E-state index in [4.69, 9.17) is 4.74 Å². The van der Waals surface area contributed by atoms with E-state index in [1.54, 1.807) is 43.5 Å². The summed E-state index contributed by atoms with van der Waals surface area (Å²) < 4.78 is 5.07. The van der Waals surface area contributed by atoms with Crippen molar-refractivity contribution in [1.29, 1.82) is 0 Å². The minimum Gasteiger partial charge on any atom is -0.507 e. The van der Waals surface area contributed by atoms with Crippen molar-refractivity contribution in [3.63, 3.8) is 0 Å². The van der Waals surface area contributed by atoms with Gasteiger partial charge in [-0.15, -0.1) is 0 Å². The number of nitrogens with zero attached hydrogens (tertiary/aromatic N) is 3. The van der Waals surface area contributed by atoms with Gasteiger partial charge in [0.25, 0.3) is 5.91 Å². The molecular formula is C23H22N4O3. The first kappa shape index (κ1) is 20.7. The lowest BCUT2D eigenvalue weighted by molar-refractivity contribution is 0.0955. The molecule has 3 rings (SSSR count). The lowest BCUT2D eigenvalue weighted by atomic mass is 10.1. The van der Waals surface area contributed by atoms with Gasteiger partial charge in [0.1, 0.15) is 11.5 Å². The Balaban J connectivity index is 1.69. The fourth-order valence-corrected chi connectivity index (χ4v) is 2.58. The Morgan fingerprint density at radius 2 is 1.60 bits per heavy atom. The van der Waals surface area contributed by atoms with E-state index >= 15 is 0 Å². The summed E-state index contributed by atoms with van der Waals surface area (Å²) in [5.74, 6) is 0.299. The summed E-state index contributed by atoms with van der Waals surface area (Å²) in [5.41, 5.74) is 6.89. The largest absolute Gasteiger partial charge is 0.507 e. The summed E-state index contributed by atoms with van der Waals surface area (Å²) in [7, 11) is 1.56. The molecule has 2 N–H and O–H groups in total. The van der Waals surface area contributed by atoms with Gasteiger partial charge in [-0.25, -0.2) is 5.43 Å². The summed E-state index contributed by atoms with van der Waals surface area (Å²) in [6.45, 7) is 4.05. The number of phenols is 1. The third kappa shape index (κ3) is 5.29. The monoisotopic (exact) mass is 402 g/mol. The molecule has 0 heterocycles. The van der Waals surface area contributed by atoms with Crippen LogP contribution < -0.4 is 10.2 Å². The highest BCUT2D eigenvalue weighted by Gasteiger charge is 2.05. The van der Waals surface area contributed by atoms with Crippen molar-refractivity contribution in [3.05, 3.63) is 82.9 Å². The molecule has 3 aromatic carbocycles. The average molecular weight is 402 g/mol. The molecule has 0 aliphatic carbocycles. The van der Waals surface area contributed by atoms with Crippen LogP contribution >= 0.6 is 0 Å². The molecule has 30 heavy (non-hydrogen) atoms. The molecule has 7 heteroatoms. The van der Waals surface area contributed by atoms with Gasteiger partial charge < -0.3 is 9.84 Å². The second-order valence-electron chi connectivity index (χ2n) is 6.64. The number of ether oxygens (including phenoxy) is 1. The van der Waals surface area contributed by atoms with Gasteiger partial charge in [0.15, 0.2) is 0 Å². The summed E-state index contributed by atoms with van der Waals surface area (Å²) >= 11 is 0. The molecule has 0 aliphatic rings. The van der Waals surface area contributed by atoms with Gasteiger partial charge in [0.2, 0.25) is 0 Å².